The van der Waals surface area contributed by atoms with Crippen molar-refractivity contribution in [1.29, 1.82) is 0 Å². The summed E-state index contributed by atoms with van der Waals surface area (Å²) in [6.07, 6.45) is 0. The van der Waals surface area contributed by atoms with Gasteiger partial charge in [-0.25, -0.2) is 0 Å². The Morgan fingerprint density at radius 1 is 1.16 bits per heavy atom. The van der Waals surface area contributed by atoms with E-state index in [0.29, 0.717) is 29.4 Å². The monoisotopic (exact) mass is 322 g/mol. The molecular weight excluding hydrogens is 311 g/mol. The van der Waals surface area contributed by atoms with Crippen molar-refractivity contribution in [3.8, 4) is 0 Å². The van der Waals surface area contributed by atoms with Crippen molar-refractivity contribution in [2.24, 2.45) is 0 Å². The maximum absolute atomic E-state index is 11.9. The first-order valence-corrected chi connectivity index (χ1v) is 6.17. The average molecular weight is 324 g/mol. The maximum atomic E-state index is 11.9. The van der Waals surface area contributed by atoms with Crippen molar-refractivity contribution in [1.82, 2.24) is 4.90 Å². The summed E-state index contributed by atoms with van der Waals surface area (Å²) < 4.78 is 0. The van der Waals surface area contributed by atoms with Crippen LogP contribution in [0.2, 0.25) is 10.0 Å². The highest BCUT2D eigenvalue weighted by Crippen LogP contribution is 2.35. The van der Waals surface area contributed by atoms with Gasteiger partial charge in [-0.3, -0.25) is 9.59 Å². The number of likely N-dealkylation sites (N-methyl/N-ethyl adjacent to an activating group) is 1. The molecule has 104 valence electrons. The molecule has 0 saturated carbocycles. The largest absolute Gasteiger partial charge is 0.308 e. The summed E-state index contributed by atoms with van der Waals surface area (Å²) in [5, 5.41) is 0.624. The molecular formula is C12H13Cl3N2O2. The lowest BCUT2D eigenvalue weighted by Crippen LogP contribution is -2.35. The zero-order chi connectivity index (χ0) is 13.4. The van der Waals surface area contributed by atoms with Crippen LogP contribution in [0.3, 0.4) is 0 Å². The third kappa shape index (κ3) is 3.03. The number of rotatable bonds is 3. The van der Waals surface area contributed by atoms with Gasteiger partial charge in [0.05, 0.1) is 21.3 Å². The SMILES string of the molecule is CN(C)CCN1C(=O)C(=O)c2cc(Cl)c(Cl)cc21.Cl. The smallest absolute Gasteiger partial charge is 0.299 e. The number of anilines is 1. The molecule has 0 fully saturated rings. The predicted octanol–water partition coefficient (Wildman–Crippen LogP) is 2.51. The van der Waals surface area contributed by atoms with Crippen molar-refractivity contribution in [3.63, 3.8) is 0 Å². The molecule has 1 aliphatic rings. The van der Waals surface area contributed by atoms with Crippen molar-refractivity contribution in [3.05, 3.63) is 27.7 Å². The molecule has 1 aromatic rings. The molecule has 2 rings (SSSR count). The Morgan fingerprint density at radius 3 is 2.32 bits per heavy atom. The number of Topliss-reactive ketones (excluding diaryl/α,β-unsaturated/α-hetero) is 1. The second-order valence-electron chi connectivity index (χ2n) is 4.37. The lowest BCUT2D eigenvalue weighted by Gasteiger charge is -2.19. The van der Waals surface area contributed by atoms with Gasteiger partial charge in [-0.2, -0.15) is 0 Å². The van der Waals surface area contributed by atoms with Gasteiger partial charge >= 0.3 is 0 Å². The van der Waals surface area contributed by atoms with E-state index in [0.717, 1.165) is 0 Å². The Morgan fingerprint density at radius 2 is 1.74 bits per heavy atom. The minimum atomic E-state index is -0.526. The second kappa shape index (κ2) is 6.09. The van der Waals surface area contributed by atoms with Crippen LogP contribution < -0.4 is 4.90 Å². The maximum Gasteiger partial charge on any atom is 0.299 e. The summed E-state index contributed by atoms with van der Waals surface area (Å²) in [6, 6.07) is 3.02. The molecule has 0 atom stereocenters. The number of benzene rings is 1. The minimum Gasteiger partial charge on any atom is -0.308 e. The first-order valence-electron chi connectivity index (χ1n) is 5.42. The van der Waals surface area contributed by atoms with Gasteiger partial charge in [0, 0.05) is 13.1 Å². The third-order valence-electron chi connectivity index (χ3n) is 2.78. The summed E-state index contributed by atoms with van der Waals surface area (Å²) in [5.74, 6) is -1.05. The van der Waals surface area contributed by atoms with E-state index in [2.05, 4.69) is 0 Å². The van der Waals surface area contributed by atoms with Crippen molar-refractivity contribution in [2.45, 2.75) is 0 Å². The van der Waals surface area contributed by atoms with Crippen LogP contribution in [0.5, 0.6) is 0 Å². The van der Waals surface area contributed by atoms with E-state index in [-0.39, 0.29) is 17.4 Å². The fourth-order valence-electron chi connectivity index (χ4n) is 1.81. The fourth-order valence-corrected chi connectivity index (χ4v) is 2.13. The lowest BCUT2D eigenvalue weighted by atomic mass is 10.1. The quantitative estimate of drug-likeness (QED) is 0.803. The number of hydrogen-bond acceptors (Lipinski definition) is 3. The number of carbonyl (C=O) groups excluding carboxylic acids is 2. The topological polar surface area (TPSA) is 40.6 Å². The molecule has 7 heteroatoms. The number of amides is 1. The molecule has 0 N–H and O–H groups in total. The summed E-state index contributed by atoms with van der Waals surface area (Å²) in [5.41, 5.74) is 0.870. The van der Waals surface area contributed by atoms with Gasteiger partial charge in [-0.15, -0.1) is 12.4 Å². The fraction of sp³-hybridized carbons (Fsp3) is 0.333. The van der Waals surface area contributed by atoms with Crippen LogP contribution in [0.15, 0.2) is 12.1 Å². The summed E-state index contributed by atoms with van der Waals surface area (Å²) in [4.78, 5) is 27.1. The van der Waals surface area contributed by atoms with Crippen molar-refractivity contribution >= 4 is 53.0 Å². The van der Waals surface area contributed by atoms with Gasteiger partial charge in [0.25, 0.3) is 11.7 Å². The van der Waals surface area contributed by atoms with E-state index in [1.807, 2.05) is 19.0 Å². The minimum absolute atomic E-state index is 0. The molecule has 1 amide bonds. The highest BCUT2D eigenvalue weighted by Gasteiger charge is 2.36. The van der Waals surface area contributed by atoms with Gasteiger partial charge in [0.1, 0.15) is 0 Å². The molecule has 0 aromatic heterocycles. The highest BCUT2D eigenvalue weighted by atomic mass is 35.5. The van der Waals surface area contributed by atoms with Crippen LogP contribution >= 0.6 is 35.6 Å². The summed E-state index contributed by atoms with van der Waals surface area (Å²) >= 11 is 11.8. The molecule has 0 radical (unpaired) electrons. The number of halogens is 3. The first kappa shape index (κ1) is 16.2. The number of hydrogen-bond donors (Lipinski definition) is 0. The molecule has 19 heavy (non-hydrogen) atoms. The summed E-state index contributed by atoms with van der Waals surface area (Å²) in [7, 11) is 3.80. The number of nitrogens with zero attached hydrogens (tertiary/aromatic N) is 2. The van der Waals surface area contributed by atoms with Crippen molar-refractivity contribution in [2.75, 3.05) is 32.1 Å². The normalized spacial score (nSPS) is 13.8. The van der Waals surface area contributed by atoms with E-state index >= 15 is 0 Å². The van der Waals surface area contributed by atoms with Gasteiger partial charge in [-0.05, 0) is 26.2 Å². The van der Waals surface area contributed by atoms with E-state index in [4.69, 9.17) is 23.2 Å². The molecule has 1 heterocycles. The van der Waals surface area contributed by atoms with Crippen LogP contribution in [-0.4, -0.2) is 43.8 Å². The van der Waals surface area contributed by atoms with Crippen molar-refractivity contribution < 1.29 is 9.59 Å². The zero-order valence-electron chi connectivity index (χ0n) is 10.4. The summed E-state index contributed by atoms with van der Waals surface area (Å²) in [6.45, 7) is 1.11. The standard InChI is InChI=1S/C12H12Cl2N2O2.ClH/c1-15(2)3-4-16-10-6-9(14)8(13)5-7(10)11(17)12(16)18;/h5-6H,3-4H2,1-2H3;1H. The van der Waals surface area contributed by atoms with E-state index in [9.17, 15) is 9.59 Å². The van der Waals surface area contributed by atoms with Gasteiger partial charge in [-0.1, -0.05) is 23.2 Å². The lowest BCUT2D eigenvalue weighted by molar-refractivity contribution is -0.114. The Bertz CT molecular complexity index is 532. The van der Waals surface area contributed by atoms with Crippen LogP contribution in [0.4, 0.5) is 5.69 Å². The van der Waals surface area contributed by atoms with E-state index in [1.165, 1.54) is 11.0 Å². The average Bonchev–Trinajstić information content (AvgIpc) is 2.51. The predicted molar refractivity (Wildman–Crippen MR) is 78.9 cm³/mol. The Hall–Kier alpha value is -0.810. The molecule has 0 spiro atoms. The van der Waals surface area contributed by atoms with Crippen LogP contribution in [0.25, 0.3) is 0 Å². The molecule has 0 saturated heterocycles. The van der Waals surface area contributed by atoms with Crippen LogP contribution in [-0.2, 0) is 4.79 Å². The Balaban J connectivity index is 0.00000180. The van der Waals surface area contributed by atoms with Gasteiger partial charge < -0.3 is 9.80 Å². The Labute approximate surface area is 127 Å². The molecule has 0 aliphatic carbocycles. The molecule has 4 nitrogen and oxygen atoms in total. The zero-order valence-corrected chi connectivity index (χ0v) is 12.8. The van der Waals surface area contributed by atoms with Gasteiger partial charge in [0.2, 0.25) is 0 Å². The van der Waals surface area contributed by atoms with Crippen LogP contribution in [0.1, 0.15) is 10.4 Å². The van der Waals surface area contributed by atoms with E-state index in [1.54, 1.807) is 6.07 Å². The highest BCUT2D eigenvalue weighted by molar-refractivity contribution is 6.53. The number of ketones is 1. The third-order valence-corrected chi connectivity index (χ3v) is 3.51. The Kier molecular flexibility index (Phi) is 5.21. The number of fused-ring (bicyclic) bond motifs is 1. The van der Waals surface area contributed by atoms with Gasteiger partial charge in [0.15, 0.2) is 0 Å². The second-order valence-corrected chi connectivity index (χ2v) is 5.19. The molecule has 1 aliphatic heterocycles. The molecule has 0 bridgehead atoms. The van der Waals surface area contributed by atoms with Crippen LogP contribution in [0, 0.1) is 0 Å². The first-order chi connectivity index (χ1) is 8.41. The molecule has 1 aromatic carbocycles. The van der Waals surface area contributed by atoms with E-state index < -0.39 is 11.7 Å². The molecule has 0 unspecified atom stereocenters. The number of carbonyl (C=O) groups is 2.